The summed E-state index contributed by atoms with van der Waals surface area (Å²) in [6.45, 7) is 1.02. The zero-order valence-electron chi connectivity index (χ0n) is 14.1. The molecule has 0 saturated carbocycles. The Hall–Kier alpha value is -2.53. The number of hydrogen-bond donors (Lipinski definition) is 1. The Morgan fingerprint density at radius 2 is 1.83 bits per heavy atom. The second kappa shape index (κ2) is 9.57. The molecule has 0 spiro atoms. The van der Waals surface area contributed by atoms with E-state index in [1.54, 1.807) is 20.2 Å². The second-order valence-corrected chi connectivity index (χ2v) is 5.22. The summed E-state index contributed by atoms with van der Waals surface area (Å²) in [6.07, 6.45) is 0.942. The highest BCUT2D eigenvalue weighted by Crippen LogP contribution is 2.23. The Labute approximate surface area is 142 Å². The fourth-order valence-electron chi connectivity index (χ4n) is 2.17. The third-order valence-corrected chi connectivity index (χ3v) is 3.48. The van der Waals surface area contributed by atoms with Crippen LogP contribution in [0, 0.1) is 0 Å². The maximum Gasteiger partial charge on any atom is 0.311 e. The van der Waals surface area contributed by atoms with Crippen LogP contribution >= 0.6 is 0 Å². The molecular formula is C19H23NO4. The quantitative estimate of drug-likeness (QED) is 0.432. The molecule has 1 N–H and O–H groups in total. The monoisotopic (exact) mass is 329 g/mol. The van der Waals surface area contributed by atoms with Crippen LogP contribution < -0.4 is 14.8 Å². The zero-order valence-corrected chi connectivity index (χ0v) is 14.1. The van der Waals surface area contributed by atoms with Gasteiger partial charge in [0.2, 0.25) is 0 Å². The van der Waals surface area contributed by atoms with Gasteiger partial charge in [-0.1, -0.05) is 24.3 Å². The molecule has 128 valence electrons. The first-order valence-corrected chi connectivity index (χ1v) is 7.91. The lowest BCUT2D eigenvalue weighted by Crippen LogP contribution is -2.10. The maximum atomic E-state index is 11.9. The number of carbonyl (C=O) groups excluding carboxylic acids is 1. The van der Waals surface area contributed by atoms with Crippen LogP contribution in [0.15, 0.2) is 48.5 Å². The molecule has 0 radical (unpaired) electrons. The minimum Gasteiger partial charge on any atom is -0.497 e. The molecule has 2 aromatic rings. The van der Waals surface area contributed by atoms with E-state index in [1.165, 1.54) is 0 Å². The van der Waals surface area contributed by atoms with Gasteiger partial charge in [0, 0.05) is 20.1 Å². The van der Waals surface area contributed by atoms with Crippen molar-refractivity contribution in [2.24, 2.45) is 0 Å². The SMILES string of the molecule is CNc1ccccc1OC(=O)CCCOCc1ccc(OC)cc1. The number of esters is 1. The van der Waals surface area contributed by atoms with Crippen LogP contribution in [-0.4, -0.2) is 26.7 Å². The molecule has 0 saturated heterocycles. The molecule has 0 heterocycles. The minimum atomic E-state index is -0.259. The van der Waals surface area contributed by atoms with Crippen LogP contribution in [-0.2, 0) is 16.1 Å². The number of hydrogen-bond acceptors (Lipinski definition) is 5. The molecule has 0 aliphatic carbocycles. The smallest absolute Gasteiger partial charge is 0.311 e. The Bertz CT molecular complexity index is 640. The van der Waals surface area contributed by atoms with E-state index in [4.69, 9.17) is 14.2 Å². The molecule has 2 rings (SSSR count). The fourth-order valence-corrected chi connectivity index (χ4v) is 2.17. The largest absolute Gasteiger partial charge is 0.497 e. The van der Waals surface area contributed by atoms with Crippen molar-refractivity contribution in [1.29, 1.82) is 0 Å². The lowest BCUT2D eigenvalue weighted by molar-refractivity contribution is -0.134. The van der Waals surface area contributed by atoms with Crippen molar-refractivity contribution in [3.8, 4) is 11.5 Å². The number of methoxy groups -OCH3 is 1. The maximum absolute atomic E-state index is 11.9. The number of benzene rings is 2. The molecule has 5 heteroatoms. The molecule has 0 atom stereocenters. The summed E-state index contributed by atoms with van der Waals surface area (Å²) in [5.74, 6) is 1.11. The fraction of sp³-hybridized carbons (Fsp3) is 0.316. The Kier molecular flexibility index (Phi) is 7.11. The summed E-state index contributed by atoms with van der Waals surface area (Å²) in [5, 5.41) is 2.99. The van der Waals surface area contributed by atoms with Crippen LogP contribution in [0.25, 0.3) is 0 Å². The van der Waals surface area contributed by atoms with Gasteiger partial charge < -0.3 is 19.5 Å². The first-order chi connectivity index (χ1) is 11.7. The normalized spacial score (nSPS) is 10.2. The van der Waals surface area contributed by atoms with Gasteiger partial charge in [0.25, 0.3) is 0 Å². The Balaban J connectivity index is 1.65. The summed E-state index contributed by atoms with van der Waals surface area (Å²) in [4.78, 5) is 11.9. The highest BCUT2D eigenvalue weighted by atomic mass is 16.5. The minimum absolute atomic E-state index is 0.259. The van der Waals surface area contributed by atoms with Crippen molar-refractivity contribution in [1.82, 2.24) is 0 Å². The molecule has 0 aliphatic heterocycles. The van der Waals surface area contributed by atoms with Crippen LogP contribution in [0.2, 0.25) is 0 Å². The van der Waals surface area contributed by atoms with Gasteiger partial charge in [-0.25, -0.2) is 0 Å². The van der Waals surface area contributed by atoms with E-state index in [1.807, 2.05) is 42.5 Å². The summed E-state index contributed by atoms with van der Waals surface area (Å²) >= 11 is 0. The van der Waals surface area contributed by atoms with E-state index in [-0.39, 0.29) is 5.97 Å². The van der Waals surface area contributed by atoms with Crippen molar-refractivity contribution in [2.75, 3.05) is 26.1 Å². The van der Waals surface area contributed by atoms with E-state index in [0.29, 0.717) is 31.8 Å². The number of rotatable bonds is 9. The third kappa shape index (κ3) is 5.59. The summed E-state index contributed by atoms with van der Waals surface area (Å²) in [7, 11) is 3.43. The first-order valence-electron chi connectivity index (χ1n) is 7.91. The van der Waals surface area contributed by atoms with Gasteiger partial charge in [-0.05, 0) is 36.2 Å². The van der Waals surface area contributed by atoms with E-state index in [2.05, 4.69) is 5.32 Å². The number of anilines is 1. The van der Waals surface area contributed by atoms with E-state index >= 15 is 0 Å². The number of ether oxygens (including phenoxy) is 3. The third-order valence-electron chi connectivity index (χ3n) is 3.48. The lowest BCUT2D eigenvalue weighted by Gasteiger charge is -2.09. The summed E-state index contributed by atoms with van der Waals surface area (Å²) in [6, 6.07) is 15.1. The van der Waals surface area contributed by atoms with Crippen molar-refractivity contribution < 1.29 is 19.0 Å². The van der Waals surface area contributed by atoms with E-state index in [9.17, 15) is 4.79 Å². The molecule has 0 aromatic heterocycles. The van der Waals surface area contributed by atoms with Crippen LogP contribution in [0.5, 0.6) is 11.5 Å². The zero-order chi connectivity index (χ0) is 17.2. The highest BCUT2D eigenvalue weighted by molar-refractivity contribution is 5.74. The summed E-state index contributed by atoms with van der Waals surface area (Å²) < 4.78 is 16.0. The molecule has 24 heavy (non-hydrogen) atoms. The molecule has 5 nitrogen and oxygen atoms in total. The lowest BCUT2D eigenvalue weighted by atomic mass is 10.2. The number of nitrogens with one attached hydrogen (secondary N) is 1. The molecule has 0 unspecified atom stereocenters. The van der Waals surface area contributed by atoms with Gasteiger partial charge in [0.1, 0.15) is 5.75 Å². The van der Waals surface area contributed by atoms with E-state index < -0.39 is 0 Å². The van der Waals surface area contributed by atoms with E-state index in [0.717, 1.165) is 17.0 Å². The predicted octanol–water partition coefficient (Wildman–Crippen LogP) is 3.64. The first kappa shape index (κ1) is 17.8. The molecule has 0 bridgehead atoms. The van der Waals surface area contributed by atoms with Crippen molar-refractivity contribution in [2.45, 2.75) is 19.4 Å². The van der Waals surface area contributed by atoms with Crippen LogP contribution in [0.1, 0.15) is 18.4 Å². The molecule has 0 amide bonds. The number of para-hydroxylation sites is 2. The Morgan fingerprint density at radius 3 is 2.54 bits per heavy atom. The standard InChI is InChI=1S/C19H23NO4/c1-20-17-6-3-4-7-18(17)24-19(21)8-5-13-23-14-15-9-11-16(22-2)12-10-15/h3-4,6-7,9-12,20H,5,8,13-14H2,1-2H3. The average molecular weight is 329 g/mol. The predicted molar refractivity (Wildman–Crippen MR) is 93.5 cm³/mol. The molecule has 0 aliphatic rings. The Morgan fingerprint density at radius 1 is 1.08 bits per heavy atom. The van der Waals surface area contributed by atoms with Gasteiger partial charge in [-0.3, -0.25) is 4.79 Å². The van der Waals surface area contributed by atoms with Gasteiger partial charge in [0.15, 0.2) is 5.75 Å². The molecule has 2 aromatic carbocycles. The van der Waals surface area contributed by atoms with Crippen LogP contribution in [0.4, 0.5) is 5.69 Å². The topological polar surface area (TPSA) is 56.8 Å². The second-order valence-electron chi connectivity index (χ2n) is 5.22. The van der Waals surface area contributed by atoms with Crippen molar-refractivity contribution >= 4 is 11.7 Å². The van der Waals surface area contributed by atoms with Crippen molar-refractivity contribution in [3.05, 3.63) is 54.1 Å². The molecule has 0 fully saturated rings. The van der Waals surface area contributed by atoms with Gasteiger partial charge in [-0.15, -0.1) is 0 Å². The number of carbonyl (C=O) groups is 1. The van der Waals surface area contributed by atoms with Gasteiger partial charge >= 0.3 is 5.97 Å². The van der Waals surface area contributed by atoms with Crippen molar-refractivity contribution in [3.63, 3.8) is 0 Å². The summed E-state index contributed by atoms with van der Waals surface area (Å²) in [5.41, 5.74) is 1.86. The highest BCUT2D eigenvalue weighted by Gasteiger charge is 2.08. The van der Waals surface area contributed by atoms with Crippen LogP contribution in [0.3, 0.4) is 0 Å². The van der Waals surface area contributed by atoms with Gasteiger partial charge in [-0.2, -0.15) is 0 Å². The van der Waals surface area contributed by atoms with Gasteiger partial charge in [0.05, 0.1) is 19.4 Å². The average Bonchev–Trinajstić information content (AvgIpc) is 2.62. The molecular weight excluding hydrogens is 306 g/mol.